The third kappa shape index (κ3) is 3.27. The summed E-state index contributed by atoms with van der Waals surface area (Å²) in [6, 6.07) is 7.30. The number of benzene rings is 1. The van der Waals surface area contributed by atoms with Crippen molar-refractivity contribution in [2.75, 3.05) is 0 Å². The summed E-state index contributed by atoms with van der Waals surface area (Å²) in [7, 11) is -4.63. The first-order valence-corrected chi connectivity index (χ1v) is 4.66. The molecule has 0 saturated carbocycles. The third-order valence-corrected chi connectivity index (χ3v) is 1.79. The van der Waals surface area contributed by atoms with Crippen LogP contribution in [0.1, 0.15) is 0 Å². The molecule has 0 spiro atoms. The lowest BCUT2D eigenvalue weighted by Crippen LogP contribution is -2.16. The van der Waals surface area contributed by atoms with Crippen molar-refractivity contribution in [1.82, 2.24) is 0 Å². The maximum atomic E-state index is 10.7. The second-order valence-corrected chi connectivity index (χ2v) is 3.24. The van der Waals surface area contributed by atoms with E-state index in [0.717, 1.165) is 0 Å². The first kappa shape index (κ1) is 10.3. The molecule has 7 nitrogen and oxygen atoms in total. The lowest BCUT2D eigenvalue weighted by molar-refractivity contribution is -0.712. The van der Waals surface area contributed by atoms with Crippen LogP contribution in [0.5, 0.6) is 5.75 Å². The van der Waals surface area contributed by atoms with Crippen molar-refractivity contribution < 1.29 is 22.0 Å². The van der Waals surface area contributed by atoms with Gasteiger partial charge in [-0.15, -0.1) is 14.4 Å². The van der Waals surface area contributed by atoms with Crippen molar-refractivity contribution in [1.29, 1.82) is 0 Å². The predicted octanol–water partition coefficient (Wildman–Crippen LogP) is 0.518. The lowest BCUT2D eigenvalue weighted by atomic mass is 10.3. The van der Waals surface area contributed by atoms with Gasteiger partial charge in [-0.05, 0) is 12.1 Å². The maximum Gasteiger partial charge on any atom is 0.481 e. The standard InChI is InChI=1S/C6H5NO6S/c8-7(9)13-14(10,11)12-6-4-2-1-3-5-6/h1-5H. The molecule has 0 aliphatic carbocycles. The summed E-state index contributed by atoms with van der Waals surface area (Å²) in [6.45, 7) is 0. The van der Waals surface area contributed by atoms with E-state index in [1.165, 1.54) is 24.3 Å². The van der Waals surface area contributed by atoms with Crippen LogP contribution in [-0.4, -0.2) is 13.5 Å². The highest BCUT2D eigenvalue weighted by Crippen LogP contribution is 2.11. The van der Waals surface area contributed by atoms with Gasteiger partial charge in [0.25, 0.3) is 0 Å². The Hall–Kier alpha value is -1.83. The fourth-order valence-corrected chi connectivity index (χ4v) is 1.21. The van der Waals surface area contributed by atoms with Gasteiger partial charge in [-0.25, -0.2) is 0 Å². The number of rotatable bonds is 4. The Kier molecular flexibility index (Phi) is 2.87. The second kappa shape index (κ2) is 3.92. The number of hydrogen-bond acceptors (Lipinski definition) is 6. The van der Waals surface area contributed by atoms with Gasteiger partial charge in [0.15, 0.2) is 0 Å². The summed E-state index contributed by atoms with van der Waals surface area (Å²) in [5.41, 5.74) is 0. The molecular weight excluding hydrogens is 214 g/mol. The van der Waals surface area contributed by atoms with Crippen LogP contribution < -0.4 is 4.18 Å². The molecule has 0 aliphatic rings. The molecule has 1 aromatic carbocycles. The minimum atomic E-state index is -4.63. The molecule has 14 heavy (non-hydrogen) atoms. The van der Waals surface area contributed by atoms with Crippen LogP contribution in [0, 0.1) is 10.1 Å². The van der Waals surface area contributed by atoms with Gasteiger partial charge in [-0.2, -0.15) is 8.42 Å². The molecule has 0 atom stereocenters. The Morgan fingerprint density at radius 2 is 1.79 bits per heavy atom. The van der Waals surface area contributed by atoms with E-state index in [9.17, 15) is 18.5 Å². The van der Waals surface area contributed by atoms with Gasteiger partial charge in [0.2, 0.25) is 0 Å². The summed E-state index contributed by atoms with van der Waals surface area (Å²) in [5, 5.41) is 8.27. The van der Waals surface area contributed by atoms with Crippen molar-refractivity contribution in [3.05, 3.63) is 40.4 Å². The largest absolute Gasteiger partial charge is 0.481 e. The zero-order chi connectivity index (χ0) is 10.6. The highest BCUT2D eigenvalue weighted by Gasteiger charge is 2.17. The van der Waals surface area contributed by atoms with E-state index in [2.05, 4.69) is 8.47 Å². The van der Waals surface area contributed by atoms with Crippen molar-refractivity contribution in [3.8, 4) is 5.75 Å². The van der Waals surface area contributed by atoms with E-state index in [4.69, 9.17) is 0 Å². The molecular formula is C6H5NO6S. The van der Waals surface area contributed by atoms with Crippen LogP contribution in [0.2, 0.25) is 0 Å². The summed E-state index contributed by atoms with van der Waals surface area (Å²) >= 11 is 0. The Morgan fingerprint density at radius 1 is 1.21 bits per heavy atom. The van der Waals surface area contributed by atoms with Gasteiger partial charge in [0.05, 0.1) is 0 Å². The Bertz CT molecular complexity index is 413. The van der Waals surface area contributed by atoms with E-state index in [-0.39, 0.29) is 5.75 Å². The molecule has 8 heteroatoms. The molecule has 0 saturated heterocycles. The molecule has 0 amide bonds. The van der Waals surface area contributed by atoms with Gasteiger partial charge in [-0.3, -0.25) is 0 Å². The average Bonchev–Trinajstić information content (AvgIpc) is 2.02. The molecule has 1 aromatic rings. The molecule has 0 bridgehead atoms. The van der Waals surface area contributed by atoms with Gasteiger partial charge >= 0.3 is 15.5 Å². The van der Waals surface area contributed by atoms with Gasteiger partial charge in [-0.1, -0.05) is 18.2 Å². The van der Waals surface area contributed by atoms with Gasteiger partial charge in [0, 0.05) is 0 Å². The monoisotopic (exact) mass is 219 g/mol. The fraction of sp³-hybridized carbons (Fsp3) is 0. The Labute approximate surface area is 79.3 Å². The molecule has 0 N–H and O–H groups in total. The second-order valence-electron chi connectivity index (χ2n) is 2.10. The van der Waals surface area contributed by atoms with Crippen LogP contribution in [0.25, 0.3) is 0 Å². The van der Waals surface area contributed by atoms with E-state index >= 15 is 0 Å². The molecule has 0 aromatic heterocycles. The quantitative estimate of drug-likeness (QED) is 0.541. The zero-order valence-corrected chi connectivity index (χ0v) is 7.51. The van der Waals surface area contributed by atoms with E-state index in [1.807, 2.05) is 0 Å². The van der Waals surface area contributed by atoms with Crippen LogP contribution in [0.4, 0.5) is 0 Å². The van der Waals surface area contributed by atoms with Crippen LogP contribution in [0.15, 0.2) is 30.3 Å². The first-order valence-electron chi connectivity index (χ1n) is 3.33. The average molecular weight is 219 g/mol. The first-order chi connectivity index (χ1) is 6.49. The highest BCUT2D eigenvalue weighted by molar-refractivity contribution is 7.82. The Balaban J connectivity index is 2.74. The third-order valence-electron chi connectivity index (χ3n) is 1.09. The van der Waals surface area contributed by atoms with Gasteiger partial charge < -0.3 is 4.18 Å². The van der Waals surface area contributed by atoms with Gasteiger partial charge in [0.1, 0.15) is 5.75 Å². The van der Waals surface area contributed by atoms with E-state index < -0.39 is 15.5 Å². The fourth-order valence-electron chi connectivity index (χ4n) is 0.684. The molecule has 0 fully saturated rings. The highest BCUT2D eigenvalue weighted by atomic mass is 32.3. The molecule has 0 aliphatic heterocycles. The normalized spacial score (nSPS) is 10.6. The minimum Gasteiger partial charge on any atom is -0.363 e. The molecule has 0 unspecified atom stereocenters. The van der Waals surface area contributed by atoms with Crippen molar-refractivity contribution >= 4 is 10.4 Å². The van der Waals surface area contributed by atoms with Crippen LogP contribution in [0.3, 0.4) is 0 Å². The number of hydrogen-bond donors (Lipinski definition) is 0. The SMILES string of the molecule is O=[N+]([O-])OS(=O)(=O)Oc1ccccc1. The molecule has 0 heterocycles. The lowest BCUT2D eigenvalue weighted by Gasteiger charge is -2.02. The molecule has 76 valence electrons. The van der Waals surface area contributed by atoms with E-state index in [0.29, 0.717) is 0 Å². The number of nitrogens with zero attached hydrogens (tertiary/aromatic N) is 1. The minimum absolute atomic E-state index is 0.0608. The summed E-state index contributed by atoms with van der Waals surface area (Å²) in [6.07, 6.45) is 0. The van der Waals surface area contributed by atoms with Crippen molar-refractivity contribution in [2.45, 2.75) is 0 Å². The zero-order valence-electron chi connectivity index (χ0n) is 6.69. The maximum absolute atomic E-state index is 10.7. The summed E-state index contributed by atoms with van der Waals surface area (Å²) < 4.78 is 29.0. The van der Waals surface area contributed by atoms with Crippen LogP contribution >= 0.6 is 0 Å². The Morgan fingerprint density at radius 3 is 2.29 bits per heavy atom. The topological polar surface area (TPSA) is 95.7 Å². The molecule has 0 radical (unpaired) electrons. The number of para-hydroxylation sites is 1. The van der Waals surface area contributed by atoms with Crippen LogP contribution in [-0.2, 0) is 14.7 Å². The van der Waals surface area contributed by atoms with E-state index in [1.54, 1.807) is 6.07 Å². The predicted molar refractivity (Wildman–Crippen MR) is 44.1 cm³/mol. The summed E-state index contributed by atoms with van der Waals surface area (Å²) in [5.74, 6) is -0.0608. The smallest absolute Gasteiger partial charge is 0.363 e. The van der Waals surface area contributed by atoms with Crippen molar-refractivity contribution in [3.63, 3.8) is 0 Å². The van der Waals surface area contributed by atoms with Crippen molar-refractivity contribution in [2.24, 2.45) is 0 Å². The summed E-state index contributed by atoms with van der Waals surface area (Å²) in [4.78, 5) is 9.73. The molecule has 1 rings (SSSR count).